The number of nitrogens with zero attached hydrogens (tertiary/aromatic N) is 2. The summed E-state index contributed by atoms with van der Waals surface area (Å²) in [6, 6.07) is 39.4. The van der Waals surface area contributed by atoms with Gasteiger partial charge < -0.3 is 9.13 Å². The summed E-state index contributed by atoms with van der Waals surface area (Å²) >= 11 is 8.50. The first-order valence-corrected chi connectivity index (χ1v) is 40.3. The SMILES string of the molecule is CCCCCCCCCCCCC(CCCCCCCCCC)Cn1c2cc(Br)c3cccc4c5cccc6c(-c7cc8c9c%10c7cccc%10c7cccc%10c(Br)cc(c9c%107)n8CC(CCCCCCCCCC)CCCCCCCCCCCC)cc1c(c65)c2c34. The summed E-state index contributed by atoms with van der Waals surface area (Å²) in [5.74, 6) is 1.26. The molecule has 2 unspecified atom stereocenters. The number of rotatable bonds is 45. The molecule has 0 saturated heterocycles. The first-order chi connectivity index (χ1) is 45.4. The number of fused-ring (bicyclic) bond motifs is 2. The fourth-order valence-electron chi connectivity index (χ4n) is 17.8. The summed E-state index contributed by atoms with van der Waals surface area (Å²) in [5, 5.41) is 22.7. The molecule has 0 amide bonds. The second-order valence-electron chi connectivity index (χ2n) is 29.5. The van der Waals surface area contributed by atoms with E-state index in [1.54, 1.807) is 0 Å². The highest BCUT2D eigenvalue weighted by Crippen LogP contribution is 2.54. The normalized spacial score (nSPS) is 13.3. The molecule has 0 bridgehead atoms. The number of aromatic nitrogens is 2. The molecule has 12 aromatic rings. The molecule has 0 N–H and O–H groups in total. The zero-order valence-corrected chi connectivity index (χ0v) is 60.9. The van der Waals surface area contributed by atoms with E-state index in [9.17, 15) is 0 Å². The van der Waals surface area contributed by atoms with Crippen molar-refractivity contribution < 1.29 is 0 Å². The highest BCUT2D eigenvalue weighted by atomic mass is 79.9. The Balaban J connectivity index is 0.971. The van der Waals surface area contributed by atoms with Crippen molar-refractivity contribution >= 4 is 140 Å². The van der Waals surface area contributed by atoms with Gasteiger partial charge in [-0.15, -0.1) is 0 Å². The van der Waals surface area contributed by atoms with E-state index < -0.39 is 0 Å². The highest BCUT2D eigenvalue weighted by Gasteiger charge is 2.30. The second kappa shape index (κ2) is 33.4. The van der Waals surface area contributed by atoms with Crippen LogP contribution >= 0.6 is 31.9 Å². The Morgan fingerprint density at radius 2 is 0.467 bits per heavy atom. The Bertz CT molecular complexity index is 3920. The number of benzene rings is 10. The highest BCUT2D eigenvalue weighted by molar-refractivity contribution is 9.11. The number of hydrogen-bond donors (Lipinski definition) is 0. The van der Waals surface area contributed by atoms with Crippen LogP contribution in [0.5, 0.6) is 0 Å². The van der Waals surface area contributed by atoms with Crippen LogP contribution in [0, 0.1) is 11.8 Å². The third kappa shape index (κ3) is 14.7. The Hall–Kier alpha value is -4.64. The molecule has 0 aliphatic heterocycles. The van der Waals surface area contributed by atoms with Crippen LogP contribution < -0.4 is 0 Å². The third-order valence-corrected chi connectivity index (χ3v) is 24.1. The molecule has 0 spiro atoms. The van der Waals surface area contributed by atoms with E-state index in [0.717, 1.165) is 13.1 Å². The molecule has 2 heterocycles. The monoisotopic (exact) mass is 1360 g/mol. The molecule has 0 aliphatic rings. The van der Waals surface area contributed by atoms with Crippen molar-refractivity contribution in [2.24, 2.45) is 11.8 Å². The minimum atomic E-state index is 0.631. The zero-order chi connectivity index (χ0) is 63.2. The van der Waals surface area contributed by atoms with Crippen molar-refractivity contribution in [2.45, 2.75) is 298 Å². The van der Waals surface area contributed by atoms with E-state index in [2.05, 4.69) is 166 Å². The summed E-state index contributed by atoms with van der Waals surface area (Å²) in [5.41, 5.74) is 8.48. The van der Waals surface area contributed by atoms with E-state index in [0.29, 0.717) is 11.8 Å². The minimum Gasteiger partial charge on any atom is -0.340 e. The Kier molecular flexibility index (Phi) is 24.4. The molecule has 2 atom stereocenters. The van der Waals surface area contributed by atoms with Crippen LogP contribution in [0.25, 0.3) is 119 Å². The number of unbranched alkanes of at least 4 members (excludes halogenated alkanes) is 32. The van der Waals surface area contributed by atoms with Crippen LogP contribution in [-0.2, 0) is 13.1 Å². The van der Waals surface area contributed by atoms with Crippen LogP contribution in [0.2, 0.25) is 0 Å². The van der Waals surface area contributed by atoms with Crippen LogP contribution in [0.1, 0.15) is 285 Å². The Morgan fingerprint density at radius 1 is 0.250 bits per heavy atom. The number of halogens is 2. The minimum absolute atomic E-state index is 0.631. The van der Waals surface area contributed by atoms with Gasteiger partial charge in [0.1, 0.15) is 0 Å². The molecule has 0 aliphatic carbocycles. The molecular formula is C88H114Br2N2. The molecule has 92 heavy (non-hydrogen) atoms. The lowest BCUT2D eigenvalue weighted by atomic mass is 9.84. The average Bonchev–Trinajstić information content (AvgIpc) is 1.46. The standard InChI is InChI=1S/C88H114Br2N2/c1-5-9-13-17-21-25-27-31-35-39-47-63(45-37-33-29-23-19-15-11-7-3)61-91-77-57-73(69-53-41-49-65-67-51-43-55-71-75(89)59-79(91)87(83(67)71)85(77)81(65)69)74-58-78-86-82-66(50-42-54-70(74)82)68-52-44-56-72-76(90)60-80(88(86)84(68)72)92(78)62-64(46-38-34-30-24-20-16-12-8-4)48-40-36-32-28-26-22-18-14-10-6-2/h41-44,49-60,63-64H,5-40,45-48,61-62H2,1-4H3. The molecule has 12 rings (SSSR count). The van der Waals surface area contributed by atoms with E-state index in [1.165, 1.54) is 385 Å². The van der Waals surface area contributed by atoms with E-state index >= 15 is 0 Å². The lowest BCUT2D eigenvalue weighted by molar-refractivity contribution is 0.364. The third-order valence-electron chi connectivity index (χ3n) is 22.7. The first kappa shape index (κ1) is 67.3. The van der Waals surface area contributed by atoms with Gasteiger partial charge in [-0.05, 0) is 116 Å². The second-order valence-corrected chi connectivity index (χ2v) is 31.2. The molecule has 490 valence electrons. The van der Waals surface area contributed by atoms with Gasteiger partial charge in [0.15, 0.2) is 0 Å². The van der Waals surface area contributed by atoms with Gasteiger partial charge in [0, 0.05) is 65.1 Å². The van der Waals surface area contributed by atoms with E-state index in [1.807, 2.05) is 0 Å². The van der Waals surface area contributed by atoms with Crippen molar-refractivity contribution in [3.8, 4) is 11.1 Å². The van der Waals surface area contributed by atoms with Gasteiger partial charge in [0.25, 0.3) is 0 Å². The lowest BCUT2D eigenvalue weighted by Gasteiger charge is -2.21. The summed E-state index contributed by atoms with van der Waals surface area (Å²) in [4.78, 5) is 0. The molecule has 0 fully saturated rings. The van der Waals surface area contributed by atoms with Crippen molar-refractivity contribution in [1.82, 2.24) is 9.13 Å². The van der Waals surface area contributed by atoms with Gasteiger partial charge in [0.2, 0.25) is 0 Å². The predicted octanol–water partition coefficient (Wildman–Crippen LogP) is 30.7. The molecule has 4 heteroatoms. The molecule has 10 aromatic carbocycles. The smallest absolute Gasteiger partial charge is 0.0509 e. The molecular weight excluding hydrogens is 1240 g/mol. The van der Waals surface area contributed by atoms with Crippen molar-refractivity contribution in [1.29, 1.82) is 0 Å². The maximum absolute atomic E-state index is 4.25. The maximum Gasteiger partial charge on any atom is 0.0509 e. The van der Waals surface area contributed by atoms with Gasteiger partial charge in [-0.2, -0.15) is 0 Å². The van der Waals surface area contributed by atoms with Gasteiger partial charge in [-0.25, -0.2) is 0 Å². The summed E-state index contributed by atoms with van der Waals surface area (Å²) in [6.07, 6.45) is 55.1. The largest absolute Gasteiger partial charge is 0.340 e. The quantitative estimate of drug-likeness (QED) is 0.0205. The first-order valence-electron chi connectivity index (χ1n) is 38.7. The fourth-order valence-corrected chi connectivity index (χ4v) is 18.9. The van der Waals surface area contributed by atoms with Gasteiger partial charge in [-0.1, -0.05) is 364 Å². The average molecular weight is 1360 g/mol. The summed E-state index contributed by atoms with van der Waals surface area (Å²) in [7, 11) is 0. The van der Waals surface area contributed by atoms with E-state index in [-0.39, 0.29) is 0 Å². The summed E-state index contributed by atoms with van der Waals surface area (Å²) in [6.45, 7) is 11.5. The van der Waals surface area contributed by atoms with Crippen LogP contribution in [0.15, 0.2) is 106 Å². The molecule has 2 nitrogen and oxygen atoms in total. The number of hydrogen-bond acceptors (Lipinski definition) is 0. The maximum atomic E-state index is 4.25. The molecule has 2 aromatic heterocycles. The Labute approximate surface area is 571 Å². The van der Waals surface area contributed by atoms with Crippen molar-refractivity contribution in [3.05, 3.63) is 106 Å². The van der Waals surface area contributed by atoms with Gasteiger partial charge >= 0.3 is 0 Å². The van der Waals surface area contributed by atoms with E-state index in [4.69, 9.17) is 0 Å². The summed E-state index contributed by atoms with van der Waals surface area (Å²) < 4.78 is 8.19. The Morgan fingerprint density at radius 3 is 0.739 bits per heavy atom. The van der Waals surface area contributed by atoms with Gasteiger partial charge in [-0.3, -0.25) is 0 Å². The fraction of sp³-hybridized carbons (Fsp3) is 0.545. The topological polar surface area (TPSA) is 9.86 Å². The van der Waals surface area contributed by atoms with Crippen molar-refractivity contribution in [2.75, 3.05) is 0 Å². The molecule has 0 saturated carbocycles. The van der Waals surface area contributed by atoms with Crippen molar-refractivity contribution in [3.63, 3.8) is 0 Å². The predicted molar refractivity (Wildman–Crippen MR) is 417 cm³/mol. The van der Waals surface area contributed by atoms with Gasteiger partial charge in [0.05, 0.1) is 22.1 Å². The lowest BCUT2D eigenvalue weighted by Crippen LogP contribution is -2.12. The molecule has 0 radical (unpaired) electrons. The zero-order valence-electron chi connectivity index (χ0n) is 57.7. The van der Waals surface area contributed by atoms with Crippen LogP contribution in [-0.4, -0.2) is 9.13 Å². The van der Waals surface area contributed by atoms with Crippen LogP contribution in [0.3, 0.4) is 0 Å². The van der Waals surface area contributed by atoms with Crippen LogP contribution in [0.4, 0.5) is 0 Å².